The molecule has 6 nitrogen and oxygen atoms in total. The molecule has 2 heterocycles. The van der Waals surface area contributed by atoms with Crippen LogP contribution in [0, 0.1) is 6.92 Å². The number of fused-ring (bicyclic) bond motifs is 2. The highest BCUT2D eigenvalue weighted by molar-refractivity contribution is 6.08. The van der Waals surface area contributed by atoms with E-state index < -0.39 is 5.79 Å². The minimum Gasteiger partial charge on any atom is -0.448 e. The van der Waals surface area contributed by atoms with Crippen molar-refractivity contribution in [2.24, 2.45) is 0 Å². The molecule has 0 atom stereocenters. The first kappa shape index (κ1) is 16.4. The first-order chi connectivity index (χ1) is 13.0. The minimum absolute atomic E-state index is 0.119. The Morgan fingerprint density at radius 2 is 1.89 bits per heavy atom. The van der Waals surface area contributed by atoms with Gasteiger partial charge >= 0.3 is 0 Å². The number of rotatable bonds is 2. The molecule has 2 aliphatic carbocycles. The first-order valence-corrected chi connectivity index (χ1v) is 9.63. The maximum absolute atomic E-state index is 12.8. The standard InChI is InChI=1S/C21H22N2O4/c1-12-18-14(5-4-6-15(18)24)23-19(12)20(25)22-13-7-8-16-17(11-13)27-21(26-16)9-2-3-10-21/h7-8,11,23H,2-6,9-10H2,1H3,(H,22,25). The van der Waals surface area contributed by atoms with Gasteiger partial charge in [-0.25, -0.2) is 0 Å². The van der Waals surface area contributed by atoms with E-state index in [1.807, 2.05) is 25.1 Å². The predicted molar refractivity (Wildman–Crippen MR) is 99.6 cm³/mol. The number of Topliss-reactive ketones (excluding diaryl/α,β-unsaturated/α-hetero) is 1. The number of hydrogen-bond donors (Lipinski definition) is 2. The van der Waals surface area contributed by atoms with Crippen LogP contribution in [0.2, 0.25) is 0 Å². The summed E-state index contributed by atoms with van der Waals surface area (Å²) in [6.45, 7) is 1.83. The average molecular weight is 366 g/mol. The average Bonchev–Trinajstić information content (AvgIpc) is 3.33. The highest BCUT2D eigenvalue weighted by Crippen LogP contribution is 2.47. The van der Waals surface area contributed by atoms with Gasteiger partial charge in [0, 0.05) is 42.3 Å². The summed E-state index contributed by atoms with van der Waals surface area (Å²) >= 11 is 0. The van der Waals surface area contributed by atoms with Crippen LogP contribution in [0.3, 0.4) is 0 Å². The van der Waals surface area contributed by atoms with Gasteiger partial charge in [0.1, 0.15) is 5.69 Å². The van der Waals surface area contributed by atoms with Gasteiger partial charge in [0.25, 0.3) is 11.7 Å². The zero-order valence-electron chi connectivity index (χ0n) is 15.3. The summed E-state index contributed by atoms with van der Waals surface area (Å²) in [6, 6.07) is 5.47. The highest BCUT2D eigenvalue weighted by Gasteiger charge is 2.44. The van der Waals surface area contributed by atoms with Crippen molar-refractivity contribution in [2.45, 2.75) is 57.7 Å². The number of H-pyrrole nitrogens is 1. The van der Waals surface area contributed by atoms with Gasteiger partial charge in [0.15, 0.2) is 17.3 Å². The molecule has 140 valence electrons. The number of aromatic nitrogens is 1. The normalized spacial score (nSPS) is 19.4. The molecular weight excluding hydrogens is 344 g/mol. The third-order valence-electron chi connectivity index (χ3n) is 5.82. The molecule has 0 bridgehead atoms. The molecule has 1 aromatic heterocycles. The third-order valence-corrected chi connectivity index (χ3v) is 5.82. The Morgan fingerprint density at radius 1 is 1.11 bits per heavy atom. The molecule has 1 saturated carbocycles. The lowest BCUT2D eigenvalue weighted by Gasteiger charge is -2.21. The van der Waals surface area contributed by atoms with Gasteiger partial charge in [-0.3, -0.25) is 9.59 Å². The number of anilines is 1. The van der Waals surface area contributed by atoms with Crippen molar-refractivity contribution < 1.29 is 19.1 Å². The minimum atomic E-state index is -0.513. The van der Waals surface area contributed by atoms with E-state index >= 15 is 0 Å². The molecule has 0 unspecified atom stereocenters. The molecule has 0 radical (unpaired) electrons. The SMILES string of the molecule is Cc1c(C(=O)Nc2ccc3c(c2)OC2(CCCC2)O3)[nH]c2c1C(=O)CCC2. The Labute approximate surface area is 157 Å². The van der Waals surface area contributed by atoms with E-state index in [1.54, 1.807) is 0 Å². The largest absolute Gasteiger partial charge is 0.448 e. The quantitative estimate of drug-likeness (QED) is 0.837. The van der Waals surface area contributed by atoms with Gasteiger partial charge < -0.3 is 19.8 Å². The molecular formula is C21H22N2O4. The Morgan fingerprint density at radius 3 is 2.67 bits per heavy atom. The van der Waals surface area contributed by atoms with Gasteiger partial charge in [-0.2, -0.15) is 0 Å². The molecule has 5 rings (SSSR count). The molecule has 1 aliphatic heterocycles. The Balaban J connectivity index is 1.38. The number of carbonyl (C=O) groups is 2. The number of ether oxygens (including phenoxy) is 2. The highest BCUT2D eigenvalue weighted by atomic mass is 16.7. The number of amides is 1. The molecule has 1 fully saturated rings. The van der Waals surface area contributed by atoms with Crippen LogP contribution in [-0.4, -0.2) is 22.5 Å². The second-order valence-electron chi connectivity index (χ2n) is 7.69. The van der Waals surface area contributed by atoms with Crippen molar-refractivity contribution in [1.82, 2.24) is 4.98 Å². The fourth-order valence-electron chi connectivity index (χ4n) is 4.48. The molecule has 6 heteroatoms. The number of nitrogens with one attached hydrogen (secondary N) is 2. The van der Waals surface area contributed by atoms with Crippen LogP contribution in [0.1, 0.15) is 70.6 Å². The number of hydrogen-bond acceptors (Lipinski definition) is 4. The number of aryl methyl sites for hydroxylation is 1. The summed E-state index contributed by atoms with van der Waals surface area (Å²) in [5.41, 5.74) is 3.41. The summed E-state index contributed by atoms with van der Waals surface area (Å²) in [7, 11) is 0. The van der Waals surface area contributed by atoms with Crippen molar-refractivity contribution >= 4 is 17.4 Å². The topological polar surface area (TPSA) is 80.4 Å². The van der Waals surface area contributed by atoms with E-state index in [4.69, 9.17) is 9.47 Å². The summed E-state index contributed by atoms with van der Waals surface area (Å²) in [5, 5.41) is 2.91. The van der Waals surface area contributed by atoms with Gasteiger partial charge in [0.2, 0.25) is 0 Å². The lowest BCUT2D eigenvalue weighted by molar-refractivity contribution is -0.0716. The summed E-state index contributed by atoms with van der Waals surface area (Å²) < 4.78 is 12.1. The van der Waals surface area contributed by atoms with Crippen LogP contribution in [0.15, 0.2) is 18.2 Å². The van der Waals surface area contributed by atoms with E-state index in [0.29, 0.717) is 29.1 Å². The molecule has 2 N–H and O–H groups in total. The maximum Gasteiger partial charge on any atom is 0.272 e. The summed E-state index contributed by atoms with van der Waals surface area (Å²) in [4.78, 5) is 28.1. The van der Waals surface area contributed by atoms with Crippen LogP contribution in [0.5, 0.6) is 11.5 Å². The van der Waals surface area contributed by atoms with Crippen molar-refractivity contribution in [3.8, 4) is 11.5 Å². The van der Waals surface area contributed by atoms with Gasteiger partial charge in [-0.15, -0.1) is 0 Å². The lowest BCUT2D eigenvalue weighted by Crippen LogP contribution is -2.34. The number of aromatic amines is 1. The van der Waals surface area contributed by atoms with Crippen molar-refractivity contribution in [3.63, 3.8) is 0 Å². The molecule has 3 aliphatic rings. The van der Waals surface area contributed by atoms with Crippen molar-refractivity contribution in [1.29, 1.82) is 0 Å². The number of carbonyl (C=O) groups excluding carboxylic acids is 2. The Hall–Kier alpha value is -2.76. The summed E-state index contributed by atoms with van der Waals surface area (Å²) in [5.74, 6) is 0.762. The van der Waals surface area contributed by atoms with E-state index in [9.17, 15) is 9.59 Å². The molecule has 1 spiro atoms. The van der Waals surface area contributed by atoms with E-state index in [0.717, 1.165) is 55.5 Å². The zero-order chi connectivity index (χ0) is 18.6. The monoisotopic (exact) mass is 366 g/mol. The Bertz CT molecular complexity index is 953. The fraction of sp³-hybridized carbons (Fsp3) is 0.429. The smallest absolute Gasteiger partial charge is 0.272 e. The second kappa shape index (κ2) is 5.87. The maximum atomic E-state index is 12.8. The van der Waals surface area contributed by atoms with Crippen LogP contribution in [0.25, 0.3) is 0 Å². The molecule has 2 aromatic rings. The second-order valence-corrected chi connectivity index (χ2v) is 7.69. The number of benzene rings is 1. The third kappa shape index (κ3) is 2.62. The molecule has 1 aromatic carbocycles. The molecule has 1 amide bonds. The predicted octanol–water partition coefficient (Wildman–Crippen LogP) is 4.14. The zero-order valence-corrected chi connectivity index (χ0v) is 15.3. The summed E-state index contributed by atoms with van der Waals surface area (Å²) in [6.07, 6.45) is 6.18. The van der Waals surface area contributed by atoms with Crippen LogP contribution in [0.4, 0.5) is 5.69 Å². The molecule has 27 heavy (non-hydrogen) atoms. The Kier molecular flexibility index (Phi) is 3.57. The van der Waals surface area contributed by atoms with Gasteiger partial charge in [-0.1, -0.05) is 0 Å². The fourth-order valence-corrected chi connectivity index (χ4v) is 4.48. The van der Waals surface area contributed by atoms with Crippen LogP contribution in [-0.2, 0) is 6.42 Å². The van der Waals surface area contributed by atoms with E-state index in [1.165, 1.54) is 0 Å². The van der Waals surface area contributed by atoms with Gasteiger partial charge in [-0.05, 0) is 50.3 Å². The van der Waals surface area contributed by atoms with Crippen molar-refractivity contribution in [2.75, 3.05) is 5.32 Å². The van der Waals surface area contributed by atoms with E-state index in [-0.39, 0.29) is 11.7 Å². The van der Waals surface area contributed by atoms with E-state index in [2.05, 4.69) is 10.3 Å². The van der Waals surface area contributed by atoms with Gasteiger partial charge in [0.05, 0.1) is 0 Å². The lowest BCUT2D eigenvalue weighted by atomic mass is 9.94. The first-order valence-electron chi connectivity index (χ1n) is 9.63. The van der Waals surface area contributed by atoms with Crippen LogP contribution >= 0.6 is 0 Å². The van der Waals surface area contributed by atoms with Crippen LogP contribution < -0.4 is 14.8 Å². The van der Waals surface area contributed by atoms with Crippen molar-refractivity contribution in [3.05, 3.63) is 40.7 Å². The molecule has 0 saturated heterocycles. The number of ketones is 1.